The number of halogens is 1. The van der Waals surface area contributed by atoms with Gasteiger partial charge in [-0.25, -0.2) is 4.39 Å². The Bertz CT molecular complexity index is 971. The summed E-state index contributed by atoms with van der Waals surface area (Å²) in [6, 6.07) is 8.52. The number of aryl methyl sites for hydroxylation is 2. The van der Waals surface area contributed by atoms with Gasteiger partial charge in [-0.3, -0.25) is 9.59 Å². The van der Waals surface area contributed by atoms with Crippen LogP contribution in [0.5, 0.6) is 0 Å². The van der Waals surface area contributed by atoms with Crippen molar-refractivity contribution in [2.24, 2.45) is 0 Å². The van der Waals surface area contributed by atoms with E-state index in [4.69, 9.17) is 0 Å². The van der Waals surface area contributed by atoms with E-state index in [2.05, 4.69) is 18.3 Å². The molecule has 1 heterocycles. The van der Waals surface area contributed by atoms with Gasteiger partial charge in [0.15, 0.2) is 5.78 Å². The fourth-order valence-electron chi connectivity index (χ4n) is 5.39. The Morgan fingerprint density at radius 2 is 1.72 bits per heavy atom. The van der Waals surface area contributed by atoms with Crippen molar-refractivity contribution in [3.8, 4) is 11.1 Å². The molecule has 2 aromatic carbocycles. The summed E-state index contributed by atoms with van der Waals surface area (Å²) in [5.41, 5.74) is 5.14. The van der Waals surface area contributed by atoms with E-state index in [0.29, 0.717) is 0 Å². The van der Waals surface area contributed by atoms with Crippen LogP contribution in [-0.2, 0) is 16.0 Å². The highest BCUT2D eigenvalue weighted by Gasteiger charge is 2.53. The number of carbonyl (C=O) groups excluding carboxylic acids is 2. The molecule has 1 spiro atoms. The van der Waals surface area contributed by atoms with Gasteiger partial charge in [0.25, 0.3) is 0 Å². The Kier molecular flexibility index (Phi) is 5.05. The Morgan fingerprint density at radius 3 is 2.34 bits per heavy atom. The molecule has 1 saturated heterocycles. The van der Waals surface area contributed by atoms with Gasteiger partial charge in [0.2, 0.25) is 5.91 Å². The van der Waals surface area contributed by atoms with Gasteiger partial charge in [0.05, 0.1) is 5.54 Å². The Balaban J connectivity index is 1.87. The minimum Gasteiger partial charge on any atom is -0.343 e. The van der Waals surface area contributed by atoms with Crippen LogP contribution in [-0.4, -0.2) is 17.2 Å². The van der Waals surface area contributed by atoms with Gasteiger partial charge in [0.1, 0.15) is 11.7 Å². The molecule has 1 unspecified atom stereocenters. The van der Waals surface area contributed by atoms with Crippen molar-refractivity contribution in [1.29, 1.82) is 0 Å². The zero-order chi connectivity index (χ0) is 20.8. The lowest BCUT2D eigenvalue weighted by Crippen LogP contribution is -2.47. The highest BCUT2D eigenvalue weighted by atomic mass is 19.1. The summed E-state index contributed by atoms with van der Waals surface area (Å²) in [6.07, 6.45) is 5.31. The maximum atomic E-state index is 13.6. The molecule has 1 aliphatic heterocycles. The van der Waals surface area contributed by atoms with Crippen LogP contribution in [0.15, 0.2) is 30.3 Å². The molecular weight excluding hydrogens is 365 g/mol. The van der Waals surface area contributed by atoms with E-state index < -0.39 is 11.5 Å². The maximum absolute atomic E-state index is 13.6. The van der Waals surface area contributed by atoms with Gasteiger partial charge in [-0.15, -0.1) is 0 Å². The number of carbonyl (C=O) groups is 2. The molecule has 1 aliphatic carbocycles. The number of hydrogen-bond donors (Lipinski definition) is 1. The van der Waals surface area contributed by atoms with Crippen molar-refractivity contribution in [2.75, 3.05) is 0 Å². The predicted molar refractivity (Wildman–Crippen MR) is 112 cm³/mol. The monoisotopic (exact) mass is 393 g/mol. The average molecular weight is 394 g/mol. The first kappa shape index (κ1) is 19.8. The Labute approximate surface area is 171 Å². The summed E-state index contributed by atoms with van der Waals surface area (Å²) in [5.74, 6) is -1.15. The van der Waals surface area contributed by atoms with Crippen LogP contribution in [0.2, 0.25) is 0 Å². The molecule has 1 saturated carbocycles. The summed E-state index contributed by atoms with van der Waals surface area (Å²) in [6.45, 7) is 6.09. The van der Waals surface area contributed by atoms with Crippen molar-refractivity contribution in [3.05, 3.63) is 58.4 Å². The lowest BCUT2D eigenvalue weighted by atomic mass is 9.74. The van der Waals surface area contributed by atoms with Crippen LogP contribution in [0.3, 0.4) is 0 Å². The molecule has 0 aromatic heterocycles. The smallest absolute Gasteiger partial charge is 0.235 e. The third-order valence-corrected chi connectivity index (χ3v) is 6.78. The van der Waals surface area contributed by atoms with Crippen LogP contribution < -0.4 is 5.32 Å². The van der Waals surface area contributed by atoms with Crippen LogP contribution >= 0.6 is 0 Å². The van der Waals surface area contributed by atoms with Crippen molar-refractivity contribution in [3.63, 3.8) is 0 Å². The summed E-state index contributed by atoms with van der Waals surface area (Å²) in [7, 11) is 0. The second kappa shape index (κ2) is 7.40. The molecule has 29 heavy (non-hydrogen) atoms. The van der Waals surface area contributed by atoms with E-state index in [1.54, 1.807) is 12.1 Å². The second-order valence-corrected chi connectivity index (χ2v) is 8.56. The highest BCUT2D eigenvalue weighted by Crippen LogP contribution is 2.43. The summed E-state index contributed by atoms with van der Waals surface area (Å²) in [5, 5.41) is 3.09. The minimum absolute atomic E-state index is 0.0360. The standard InChI is InChI=1S/C25H28FNO2/c1-4-17-14-15(2)20(18-8-10-19(26)11-9-18)16(3)21(17)22-23(28)25(27-24(22)29)12-6-5-7-13-25/h8-11,14,22H,4-7,12-13H2,1-3H3,(H,27,29). The van der Waals surface area contributed by atoms with Gasteiger partial charge < -0.3 is 5.32 Å². The molecule has 1 N–H and O–H groups in total. The van der Waals surface area contributed by atoms with Crippen molar-refractivity contribution >= 4 is 11.7 Å². The zero-order valence-corrected chi connectivity index (χ0v) is 17.4. The van der Waals surface area contributed by atoms with Crippen molar-refractivity contribution < 1.29 is 14.0 Å². The van der Waals surface area contributed by atoms with Gasteiger partial charge in [-0.05, 0) is 78.6 Å². The minimum atomic E-state index is -0.747. The lowest BCUT2D eigenvalue weighted by molar-refractivity contribution is -0.125. The first-order chi connectivity index (χ1) is 13.9. The number of ketones is 1. The first-order valence-electron chi connectivity index (χ1n) is 10.6. The molecule has 0 radical (unpaired) electrons. The van der Waals surface area contributed by atoms with E-state index in [1.807, 2.05) is 13.8 Å². The zero-order valence-electron chi connectivity index (χ0n) is 17.4. The molecule has 2 fully saturated rings. The Hall–Kier alpha value is -2.49. The molecule has 2 aliphatic rings. The van der Waals surface area contributed by atoms with E-state index in [-0.39, 0.29) is 17.5 Å². The number of hydrogen-bond acceptors (Lipinski definition) is 2. The quantitative estimate of drug-likeness (QED) is 0.733. The highest BCUT2D eigenvalue weighted by molar-refractivity contribution is 6.17. The van der Waals surface area contributed by atoms with Crippen LogP contribution in [0.4, 0.5) is 4.39 Å². The first-order valence-corrected chi connectivity index (χ1v) is 10.6. The summed E-state index contributed by atoms with van der Waals surface area (Å²) in [4.78, 5) is 26.6. The number of nitrogens with one attached hydrogen (secondary N) is 1. The fraction of sp³-hybridized carbons (Fsp3) is 0.440. The average Bonchev–Trinajstić information content (AvgIpc) is 2.93. The van der Waals surface area contributed by atoms with Crippen molar-refractivity contribution in [1.82, 2.24) is 5.32 Å². The van der Waals surface area contributed by atoms with Gasteiger partial charge >= 0.3 is 0 Å². The number of amides is 1. The molecule has 4 rings (SSSR count). The largest absolute Gasteiger partial charge is 0.343 e. The number of rotatable bonds is 3. The molecule has 3 nitrogen and oxygen atoms in total. The number of benzene rings is 2. The lowest BCUT2D eigenvalue weighted by Gasteiger charge is -2.31. The Morgan fingerprint density at radius 1 is 1.07 bits per heavy atom. The van der Waals surface area contributed by atoms with Gasteiger partial charge in [-0.1, -0.05) is 44.4 Å². The summed E-state index contributed by atoms with van der Waals surface area (Å²) < 4.78 is 13.5. The van der Waals surface area contributed by atoms with Crippen molar-refractivity contribution in [2.45, 2.75) is 70.8 Å². The van der Waals surface area contributed by atoms with E-state index in [9.17, 15) is 14.0 Å². The van der Waals surface area contributed by atoms with E-state index >= 15 is 0 Å². The fourth-order valence-corrected chi connectivity index (χ4v) is 5.39. The summed E-state index contributed by atoms with van der Waals surface area (Å²) >= 11 is 0. The SMILES string of the molecule is CCc1cc(C)c(-c2ccc(F)cc2)c(C)c1C1C(=O)NC2(CCCCC2)C1=O. The molecule has 152 valence electrons. The third kappa shape index (κ3) is 3.19. The van der Waals surface area contributed by atoms with Crippen LogP contribution in [0, 0.1) is 19.7 Å². The van der Waals surface area contributed by atoms with Gasteiger partial charge in [0, 0.05) is 0 Å². The molecule has 2 aromatic rings. The molecule has 1 atom stereocenters. The number of Topliss-reactive ketones (excluding diaryl/α,β-unsaturated/α-hetero) is 1. The van der Waals surface area contributed by atoms with E-state index in [0.717, 1.165) is 71.9 Å². The second-order valence-electron chi connectivity index (χ2n) is 8.56. The maximum Gasteiger partial charge on any atom is 0.235 e. The predicted octanol–water partition coefficient (Wildman–Crippen LogP) is 5.16. The topological polar surface area (TPSA) is 46.2 Å². The van der Waals surface area contributed by atoms with Crippen LogP contribution in [0.25, 0.3) is 11.1 Å². The van der Waals surface area contributed by atoms with Gasteiger partial charge in [-0.2, -0.15) is 0 Å². The van der Waals surface area contributed by atoms with E-state index in [1.165, 1.54) is 12.1 Å². The molecule has 1 amide bonds. The molecular formula is C25H28FNO2. The molecule has 0 bridgehead atoms. The normalized spacial score (nSPS) is 20.9. The molecule has 4 heteroatoms. The third-order valence-electron chi connectivity index (χ3n) is 6.78. The van der Waals surface area contributed by atoms with Crippen LogP contribution in [0.1, 0.15) is 67.2 Å².